The summed E-state index contributed by atoms with van der Waals surface area (Å²) < 4.78 is 0. The van der Waals surface area contributed by atoms with Gasteiger partial charge in [-0.2, -0.15) is 0 Å². The van der Waals surface area contributed by atoms with Crippen molar-refractivity contribution in [2.45, 2.75) is 52.5 Å². The first-order valence-corrected chi connectivity index (χ1v) is 7.45. The molecule has 18 heavy (non-hydrogen) atoms. The van der Waals surface area contributed by atoms with Crippen LogP contribution in [0, 0.1) is 18.8 Å². The number of benzene rings is 1. The second-order valence-corrected chi connectivity index (χ2v) is 6.12. The molecule has 0 spiro atoms. The maximum atomic E-state index is 3.73. The summed E-state index contributed by atoms with van der Waals surface area (Å²) in [5.74, 6) is 1.82. The standard InChI is InChI=1S/C17H27N/c1-13-7-6-9-16(11-13)12-18-15(3)17-10-5-4-8-14(17)2/h4-5,8,10,13,15-16,18H,6-7,9,11-12H2,1-3H3/t13?,15-,16?/m1/s1. The molecular weight excluding hydrogens is 218 g/mol. The van der Waals surface area contributed by atoms with Crippen LogP contribution < -0.4 is 5.32 Å². The number of hydrogen-bond donors (Lipinski definition) is 1. The number of aryl methyl sites for hydroxylation is 1. The first-order chi connectivity index (χ1) is 8.66. The van der Waals surface area contributed by atoms with Crippen LogP contribution in [0.15, 0.2) is 24.3 Å². The Kier molecular flexibility index (Phi) is 4.82. The molecule has 1 N–H and O–H groups in total. The van der Waals surface area contributed by atoms with Gasteiger partial charge in [0.2, 0.25) is 0 Å². The highest BCUT2D eigenvalue weighted by Gasteiger charge is 2.19. The predicted octanol–water partition coefficient (Wildman–Crippen LogP) is 4.47. The Morgan fingerprint density at radius 2 is 2.06 bits per heavy atom. The fourth-order valence-electron chi connectivity index (χ4n) is 3.27. The summed E-state index contributed by atoms with van der Waals surface area (Å²) in [7, 11) is 0. The fourth-order valence-corrected chi connectivity index (χ4v) is 3.27. The Morgan fingerprint density at radius 1 is 1.28 bits per heavy atom. The van der Waals surface area contributed by atoms with Gasteiger partial charge in [0.05, 0.1) is 0 Å². The van der Waals surface area contributed by atoms with Gasteiger partial charge in [-0.1, -0.05) is 44.0 Å². The van der Waals surface area contributed by atoms with Gasteiger partial charge in [-0.3, -0.25) is 0 Å². The third kappa shape index (κ3) is 3.58. The van der Waals surface area contributed by atoms with E-state index in [0.29, 0.717) is 6.04 Å². The lowest BCUT2D eigenvalue weighted by atomic mass is 9.82. The van der Waals surface area contributed by atoms with E-state index in [1.165, 1.54) is 43.4 Å². The second-order valence-electron chi connectivity index (χ2n) is 6.12. The van der Waals surface area contributed by atoms with Gasteiger partial charge in [0.1, 0.15) is 0 Å². The molecule has 1 aliphatic rings. The number of hydrogen-bond acceptors (Lipinski definition) is 1. The normalized spacial score (nSPS) is 25.9. The Hall–Kier alpha value is -0.820. The van der Waals surface area contributed by atoms with Crippen molar-refractivity contribution >= 4 is 0 Å². The van der Waals surface area contributed by atoms with Gasteiger partial charge < -0.3 is 5.32 Å². The smallest absolute Gasteiger partial charge is 0.0294 e. The monoisotopic (exact) mass is 245 g/mol. The van der Waals surface area contributed by atoms with Crippen molar-refractivity contribution in [3.05, 3.63) is 35.4 Å². The van der Waals surface area contributed by atoms with E-state index in [2.05, 4.69) is 50.4 Å². The maximum Gasteiger partial charge on any atom is 0.0294 e. The first-order valence-electron chi connectivity index (χ1n) is 7.45. The van der Waals surface area contributed by atoms with Crippen molar-refractivity contribution in [3.63, 3.8) is 0 Å². The molecule has 0 bridgehead atoms. The highest BCUT2D eigenvalue weighted by molar-refractivity contribution is 5.28. The number of rotatable bonds is 4. The van der Waals surface area contributed by atoms with E-state index in [4.69, 9.17) is 0 Å². The average Bonchev–Trinajstić information content (AvgIpc) is 2.37. The van der Waals surface area contributed by atoms with E-state index < -0.39 is 0 Å². The van der Waals surface area contributed by atoms with E-state index in [-0.39, 0.29) is 0 Å². The Morgan fingerprint density at radius 3 is 2.78 bits per heavy atom. The minimum absolute atomic E-state index is 0.475. The number of nitrogens with one attached hydrogen (secondary N) is 1. The van der Waals surface area contributed by atoms with Crippen LogP contribution in [0.3, 0.4) is 0 Å². The van der Waals surface area contributed by atoms with E-state index in [9.17, 15) is 0 Å². The lowest BCUT2D eigenvalue weighted by Gasteiger charge is -2.28. The van der Waals surface area contributed by atoms with Gasteiger partial charge in [0.15, 0.2) is 0 Å². The van der Waals surface area contributed by atoms with Crippen molar-refractivity contribution < 1.29 is 0 Å². The van der Waals surface area contributed by atoms with Crippen LogP contribution in [0.5, 0.6) is 0 Å². The molecule has 0 amide bonds. The minimum atomic E-state index is 0.475. The van der Waals surface area contributed by atoms with Crippen LogP contribution in [0.4, 0.5) is 0 Å². The molecule has 0 aromatic heterocycles. The van der Waals surface area contributed by atoms with E-state index >= 15 is 0 Å². The summed E-state index contributed by atoms with van der Waals surface area (Å²) in [5.41, 5.74) is 2.84. The molecule has 1 aliphatic carbocycles. The Balaban J connectivity index is 1.84. The molecular formula is C17H27N. The zero-order chi connectivity index (χ0) is 13.0. The molecule has 1 fully saturated rings. The van der Waals surface area contributed by atoms with Crippen LogP contribution in [0.2, 0.25) is 0 Å². The van der Waals surface area contributed by atoms with Crippen LogP contribution in [-0.2, 0) is 0 Å². The molecule has 1 aromatic carbocycles. The highest BCUT2D eigenvalue weighted by atomic mass is 14.9. The van der Waals surface area contributed by atoms with E-state index in [0.717, 1.165) is 11.8 Å². The van der Waals surface area contributed by atoms with Crippen LogP contribution in [0.1, 0.15) is 56.7 Å². The van der Waals surface area contributed by atoms with Crippen LogP contribution >= 0.6 is 0 Å². The molecule has 1 saturated carbocycles. The Bertz CT molecular complexity index is 372. The lowest BCUT2D eigenvalue weighted by Crippen LogP contribution is -2.29. The molecule has 1 aromatic rings. The summed E-state index contributed by atoms with van der Waals surface area (Å²) in [6, 6.07) is 9.19. The SMILES string of the molecule is Cc1ccccc1[C@@H](C)NCC1CCCC(C)C1. The molecule has 1 heteroatoms. The van der Waals surface area contributed by atoms with Crippen molar-refractivity contribution in [1.82, 2.24) is 5.32 Å². The Labute approximate surface area is 112 Å². The zero-order valence-electron chi connectivity index (χ0n) is 12.1. The molecule has 0 saturated heterocycles. The average molecular weight is 245 g/mol. The quantitative estimate of drug-likeness (QED) is 0.825. The van der Waals surface area contributed by atoms with Gasteiger partial charge in [-0.05, 0) is 56.2 Å². The molecule has 2 unspecified atom stereocenters. The fraction of sp³-hybridized carbons (Fsp3) is 0.647. The summed E-state index contributed by atoms with van der Waals surface area (Å²) >= 11 is 0. The molecule has 3 atom stereocenters. The van der Waals surface area contributed by atoms with Gasteiger partial charge >= 0.3 is 0 Å². The van der Waals surface area contributed by atoms with Crippen molar-refractivity contribution in [3.8, 4) is 0 Å². The highest BCUT2D eigenvalue weighted by Crippen LogP contribution is 2.28. The maximum absolute atomic E-state index is 3.73. The summed E-state index contributed by atoms with van der Waals surface area (Å²) in [4.78, 5) is 0. The molecule has 2 rings (SSSR count). The van der Waals surface area contributed by atoms with Gasteiger partial charge in [-0.15, -0.1) is 0 Å². The summed E-state index contributed by atoms with van der Waals surface area (Å²) in [5, 5.41) is 3.73. The van der Waals surface area contributed by atoms with Crippen molar-refractivity contribution in [2.24, 2.45) is 11.8 Å². The third-order valence-corrected chi connectivity index (χ3v) is 4.41. The van der Waals surface area contributed by atoms with E-state index in [1.54, 1.807) is 0 Å². The molecule has 1 nitrogen and oxygen atoms in total. The van der Waals surface area contributed by atoms with Gasteiger partial charge in [0, 0.05) is 6.04 Å². The molecule has 0 heterocycles. The topological polar surface area (TPSA) is 12.0 Å². The van der Waals surface area contributed by atoms with Crippen molar-refractivity contribution in [1.29, 1.82) is 0 Å². The lowest BCUT2D eigenvalue weighted by molar-refractivity contribution is 0.268. The minimum Gasteiger partial charge on any atom is -0.310 e. The van der Waals surface area contributed by atoms with E-state index in [1.807, 2.05) is 0 Å². The third-order valence-electron chi connectivity index (χ3n) is 4.41. The second kappa shape index (κ2) is 6.38. The largest absolute Gasteiger partial charge is 0.310 e. The summed E-state index contributed by atoms with van der Waals surface area (Å²) in [6.07, 6.45) is 5.68. The zero-order valence-corrected chi connectivity index (χ0v) is 12.1. The molecule has 0 radical (unpaired) electrons. The van der Waals surface area contributed by atoms with Crippen LogP contribution in [0.25, 0.3) is 0 Å². The molecule has 100 valence electrons. The van der Waals surface area contributed by atoms with Crippen LogP contribution in [-0.4, -0.2) is 6.54 Å². The van der Waals surface area contributed by atoms with Crippen molar-refractivity contribution in [2.75, 3.05) is 6.54 Å². The van der Waals surface area contributed by atoms with Gasteiger partial charge in [-0.25, -0.2) is 0 Å². The summed E-state index contributed by atoms with van der Waals surface area (Å²) in [6.45, 7) is 8.07. The predicted molar refractivity (Wildman–Crippen MR) is 78.7 cm³/mol. The first kappa shape index (κ1) is 13.6. The van der Waals surface area contributed by atoms with Gasteiger partial charge in [0.25, 0.3) is 0 Å². The molecule has 0 aliphatic heterocycles.